The molecule has 3 aliphatic rings. The molecule has 3 aliphatic carbocycles. The fourth-order valence-corrected chi connectivity index (χ4v) is 5.59. The highest BCUT2D eigenvalue weighted by Crippen LogP contribution is 2.63. The number of nitrogens with zero attached hydrogens (tertiary/aromatic N) is 2. The molecule has 3 nitrogen and oxygen atoms in total. The van der Waals surface area contributed by atoms with Crippen molar-refractivity contribution in [2.75, 3.05) is 0 Å². The van der Waals surface area contributed by atoms with Crippen molar-refractivity contribution in [2.24, 2.45) is 17.3 Å². The first-order chi connectivity index (χ1) is 13.7. The zero-order valence-corrected chi connectivity index (χ0v) is 15.7. The van der Waals surface area contributed by atoms with E-state index in [1.807, 2.05) is 36.4 Å². The summed E-state index contributed by atoms with van der Waals surface area (Å²) in [4.78, 5) is 12.4. The second kappa shape index (κ2) is 7.45. The molecule has 0 spiro atoms. The van der Waals surface area contributed by atoms with E-state index in [4.69, 9.17) is 0 Å². The predicted molar refractivity (Wildman–Crippen MR) is 107 cm³/mol. The molecule has 0 radical (unpaired) electrons. The van der Waals surface area contributed by atoms with Gasteiger partial charge in [0.15, 0.2) is 0 Å². The standard InChI is InChI=1S/C25H22N2O/c26-15-20(16-27)22-14-25(13-18-7-3-1-4-8-18)12-11-21(22)24(23(25)17-28)19-9-5-2-6-10-19/h1-10,17,21,23-24H,11-14H2. The van der Waals surface area contributed by atoms with Crippen LogP contribution in [0, 0.1) is 39.9 Å². The summed E-state index contributed by atoms with van der Waals surface area (Å²) in [6.07, 6.45) is 4.46. The van der Waals surface area contributed by atoms with Gasteiger partial charge in [-0.15, -0.1) is 0 Å². The molecule has 5 rings (SSSR count). The molecule has 28 heavy (non-hydrogen) atoms. The first-order valence-electron chi connectivity index (χ1n) is 9.80. The van der Waals surface area contributed by atoms with Crippen LogP contribution in [0.4, 0.5) is 0 Å². The molecular formula is C25H22N2O. The third-order valence-corrected chi connectivity index (χ3v) is 6.75. The smallest absolute Gasteiger partial charge is 0.129 e. The van der Waals surface area contributed by atoms with Crippen LogP contribution in [0.5, 0.6) is 0 Å². The average molecular weight is 366 g/mol. The van der Waals surface area contributed by atoms with Crippen LogP contribution in [-0.4, -0.2) is 6.29 Å². The van der Waals surface area contributed by atoms with Crippen LogP contribution >= 0.6 is 0 Å². The minimum Gasteiger partial charge on any atom is -0.303 e. The number of rotatable bonds is 4. The number of carbonyl (C=O) groups is 1. The molecular weight excluding hydrogens is 344 g/mol. The Balaban J connectivity index is 1.87. The van der Waals surface area contributed by atoms with E-state index >= 15 is 0 Å². The van der Waals surface area contributed by atoms with Gasteiger partial charge < -0.3 is 4.79 Å². The molecule has 0 saturated heterocycles. The van der Waals surface area contributed by atoms with Gasteiger partial charge in [0.25, 0.3) is 0 Å². The van der Waals surface area contributed by atoms with Crippen LogP contribution in [0.25, 0.3) is 0 Å². The van der Waals surface area contributed by atoms with Crippen molar-refractivity contribution in [1.29, 1.82) is 10.5 Å². The van der Waals surface area contributed by atoms with Gasteiger partial charge >= 0.3 is 0 Å². The topological polar surface area (TPSA) is 64.7 Å². The van der Waals surface area contributed by atoms with E-state index in [0.717, 1.165) is 36.7 Å². The maximum atomic E-state index is 12.4. The number of allylic oxidation sites excluding steroid dienone is 2. The second-order valence-corrected chi connectivity index (χ2v) is 8.07. The minimum atomic E-state index is -0.243. The summed E-state index contributed by atoms with van der Waals surface area (Å²) >= 11 is 0. The second-order valence-electron chi connectivity index (χ2n) is 8.07. The lowest BCUT2D eigenvalue weighted by Crippen LogP contribution is -2.50. The highest BCUT2D eigenvalue weighted by Gasteiger charge is 2.56. The van der Waals surface area contributed by atoms with Gasteiger partial charge in [-0.2, -0.15) is 10.5 Å². The molecule has 0 N–H and O–H groups in total. The highest BCUT2D eigenvalue weighted by atomic mass is 16.1. The number of fused-ring (bicyclic) bond motifs is 3. The van der Waals surface area contributed by atoms with Gasteiger partial charge in [-0.25, -0.2) is 0 Å². The molecule has 3 heteroatoms. The van der Waals surface area contributed by atoms with E-state index in [0.29, 0.717) is 6.42 Å². The third kappa shape index (κ3) is 2.94. The van der Waals surface area contributed by atoms with Crippen molar-refractivity contribution in [3.05, 3.63) is 82.9 Å². The molecule has 4 unspecified atom stereocenters. The van der Waals surface area contributed by atoms with E-state index in [1.54, 1.807) is 0 Å². The molecule has 2 aromatic rings. The zero-order chi connectivity index (χ0) is 19.6. The lowest BCUT2D eigenvalue weighted by Gasteiger charge is -2.56. The fraction of sp³-hybridized carbons (Fsp3) is 0.320. The number of aldehydes is 1. The molecule has 138 valence electrons. The number of hydrogen-bond acceptors (Lipinski definition) is 3. The van der Waals surface area contributed by atoms with E-state index in [2.05, 4.69) is 36.4 Å². The van der Waals surface area contributed by atoms with E-state index in [-0.39, 0.29) is 28.7 Å². The van der Waals surface area contributed by atoms with Crippen LogP contribution in [0.3, 0.4) is 0 Å². The Morgan fingerprint density at radius 1 is 1.04 bits per heavy atom. The number of hydrogen-bond donors (Lipinski definition) is 0. The summed E-state index contributed by atoms with van der Waals surface area (Å²) in [5.41, 5.74) is 3.30. The first kappa shape index (κ1) is 18.2. The fourth-order valence-electron chi connectivity index (χ4n) is 5.59. The summed E-state index contributed by atoms with van der Waals surface area (Å²) in [6.45, 7) is 0. The summed E-state index contributed by atoms with van der Waals surface area (Å²) in [5, 5.41) is 19.1. The molecule has 0 aliphatic heterocycles. The van der Waals surface area contributed by atoms with Gasteiger partial charge in [-0.1, -0.05) is 60.7 Å². The molecule has 3 fully saturated rings. The van der Waals surface area contributed by atoms with Crippen LogP contribution in [0.1, 0.15) is 36.3 Å². The quantitative estimate of drug-likeness (QED) is 0.567. The minimum absolute atomic E-state index is 0.0246. The van der Waals surface area contributed by atoms with E-state index in [9.17, 15) is 15.3 Å². The van der Waals surface area contributed by atoms with E-state index < -0.39 is 0 Å². The van der Waals surface area contributed by atoms with E-state index in [1.165, 1.54) is 5.56 Å². The Labute approximate surface area is 165 Å². The molecule has 2 bridgehead atoms. The maximum Gasteiger partial charge on any atom is 0.129 e. The van der Waals surface area contributed by atoms with Crippen molar-refractivity contribution in [3.63, 3.8) is 0 Å². The molecule has 0 amide bonds. The summed E-state index contributed by atoms with van der Waals surface area (Å²) < 4.78 is 0. The van der Waals surface area contributed by atoms with Crippen LogP contribution in [0.2, 0.25) is 0 Å². The monoisotopic (exact) mass is 366 g/mol. The Hall–Kier alpha value is -3.17. The average Bonchev–Trinajstić information content (AvgIpc) is 2.75. The summed E-state index contributed by atoms with van der Waals surface area (Å²) in [6, 6.07) is 24.6. The normalized spacial score (nSPS) is 28.2. The Bertz CT molecular complexity index is 965. The third-order valence-electron chi connectivity index (χ3n) is 6.75. The molecule has 2 aromatic carbocycles. The molecule has 0 aromatic heterocycles. The van der Waals surface area contributed by atoms with Gasteiger partial charge in [-0.05, 0) is 53.7 Å². The SMILES string of the molecule is N#CC(C#N)=C1CC2(Cc3ccccc3)CCC1C(c1ccccc1)C2C=O. The molecule has 4 atom stereocenters. The highest BCUT2D eigenvalue weighted by molar-refractivity contribution is 5.61. The van der Waals surface area contributed by atoms with Crippen molar-refractivity contribution >= 4 is 6.29 Å². The Morgan fingerprint density at radius 2 is 1.68 bits per heavy atom. The molecule has 3 saturated carbocycles. The largest absolute Gasteiger partial charge is 0.303 e. The van der Waals surface area contributed by atoms with Crippen molar-refractivity contribution in [1.82, 2.24) is 0 Å². The van der Waals surface area contributed by atoms with Crippen molar-refractivity contribution < 1.29 is 4.79 Å². The Morgan fingerprint density at radius 3 is 2.29 bits per heavy atom. The summed E-state index contributed by atoms with van der Waals surface area (Å²) in [7, 11) is 0. The van der Waals surface area contributed by atoms with Gasteiger partial charge in [0.05, 0.1) is 0 Å². The van der Waals surface area contributed by atoms with Gasteiger partial charge in [0.1, 0.15) is 24.0 Å². The lowest BCUT2D eigenvalue weighted by molar-refractivity contribution is -0.121. The zero-order valence-electron chi connectivity index (χ0n) is 15.7. The Kier molecular flexibility index (Phi) is 4.84. The van der Waals surface area contributed by atoms with Gasteiger partial charge in [0.2, 0.25) is 0 Å². The van der Waals surface area contributed by atoms with Crippen LogP contribution in [0.15, 0.2) is 71.8 Å². The van der Waals surface area contributed by atoms with Crippen molar-refractivity contribution in [2.45, 2.75) is 31.6 Å². The van der Waals surface area contributed by atoms with Crippen LogP contribution < -0.4 is 0 Å². The number of benzene rings is 2. The first-order valence-corrected chi connectivity index (χ1v) is 9.80. The van der Waals surface area contributed by atoms with Gasteiger partial charge in [-0.3, -0.25) is 0 Å². The maximum absolute atomic E-state index is 12.4. The number of carbonyl (C=O) groups excluding carboxylic acids is 1. The predicted octanol–water partition coefficient (Wildman–Crippen LogP) is 4.97. The molecule has 0 heterocycles. The number of nitriles is 2. The summed E-state index contributed by atoms with van der Waals surface area (Å²) in [5.74, 6) is -0.00241. The van der Waals surface area contributed by atoms with Crippen LogP contribution in [-0.2, 0) is 11.2 Å². The van der Waals surface area contributed by atoms with Crippen molar-refractivity contribution in [3.8, 4) is 12.1 Å². The lowest BCUT2D eigenvalue weighted by atomic mass is 9.46. The van der Waals surface area contributed by atoms with Gasteiger partial charge in [0, 0.05) is 11.8 Å².